The first-order valence-electron chi connectivity index (χ1n) is 6.93. The molecule has 0 fully saturated rings. The third-order valence-electron chi connectivity index (χ3n) is 2.96. The number of hydrogen-bond donors (Lipinski definition) is 1. The maximum atomic E-state index is 13.4. The van der Waals surface area contributed by atoms with Gasteiger partial charge < -0.3 is 14.8 Å². The van der Waals surface area contributed by atoms with Crippen LogP contribution in [0.1, 0.15) is 10.4 Å². The molecule has 0 aliphatic carbocycles. The highest BCUT2D eigenvalue weighted by Crippen LogP contribution is 2.19. The van der Waals surface area contributed by atoms with Crippen LogP contribution < -0.4 is 10.1 Å². The Morgan fingerprint density at radius 1 is 0.962 bits per heavy atom. The summed E-state index contributed by atoms with van der Waals surface area (Å²) in [5.74, 6) is -6.92. The number of anilines is 1. The SMILES string of the molecule is O=C(COC(=O)c1ccc(OC(F)F)cc1)Nc1ccc(F)c(F)c1F. The third-order valence-corrected chi connectivity index (χ3v) is 2.96. The zero-order valence-electron chi connectivity index (χ0n) is 12.8. The lowest BCUT2D eigenvalue weighted by Gasteiger charge is -2.09. The van der Waals surface area contributed by atoms with Gasteiger partial charge in [-0.25, -0.2) is 18.0 Å². The van der Waals surface area contributed by atoms with Gasteiger partial charge in [0.2, 0.25) is 0 Å². The van der Waals surface area contributed by atoms with Gasteiger partial charge in [-0.15, -0.1) is 0 Å². The second kappa shape index (κ2) is 8.28. The Balaban J connectivity index is 1.91. The van der Waals surface area contributed by atoms with E-state index in [1.165, 1.54) is 0 Å². The number of amides is 1. The molecule has 0 radical (unpaired) electrons. The predicted octanol–water partition coefficient (Wildman–Crippen LogP) is 3.50. The number of alkyl halides is 2. The lowest BCUT2D eigenvalue weighted by atomic mass is 10.2. The summed E-state index contributed by atoms with van der Waals surface area (Å²) in [5, 5.41) is 1.91. The molecule has 2 aromatic rings. The molecule has 0 aromatic heterocycles. The first-order valence-corrected chi connectivity index (χ1v) is 6.93. The van der Waals surface area contributed by atoms with E-state index in [0.29, 0.717) is 6.07 Å². The minimum Gasteiger partial charge on any atom is -0.452 e. The fraction of sp³-hybridized carbons (Fsp3) is 0.125. The molecule has 26 heavy (non-hydrogen) atoms. The van der Waals surface area contributed by atoms with Gasteiger partial charge in [-0.2, -0.15) is 8.78 Å². The predicted molar refractivity (Wildman–Crippen MR) is 78.3 cm³/mol. The first-order chi connectivity index (χ1) is 12.3. The van der Waals surface area contributed by atoms with Crippen LogP contribution in [0.15, 0.2) is 36.4 Å². The highest BCUT2D eigenvalue weighted by molar-refractivity contribution is 5.95. The lowest BCUT2D eigenvalue weighted by Crippen LogP contribution is -2.21. The van der Waals surface area contributed by atoms with Gasteiger partial charge in [0.25, 0.3) is 5.91 Å². The minimum atomic E-state index is -3.02. The molecular weight excluding hydrogens is 365 g/mol. The van der Waals surface area contributed by atoms with Crippen molar-refractivity contribution in [1.82, 2.24) is 0 Å². The summed E-state index contributed by atoms with van der Waals surface area (Å²) in [6.45, 7) is -3.86. The Kier molecular flexibility index (Phi) is 6.10. The normalized spacial score (nSPS) is 10.5. The van der Waals surface area contributed by atoms with Crippen molar-refractivity contribution in [3.8, 4) is 5.75 Å². The average Bonchev–Trinajstić information content (AvgIpc) is 2.60. The summed E-state index contributed by atoms with van der Waals surface area (Å²) in [4.78, 5) is 23.3. The molecule has 0 unspecified atom stereocenters. The van der Waals surface area contributed by atoms with E-state index in [0.717, 1.165) is 30.3 Å². The molecular formula is C16H10F5NO4. The van der Waals surface area contributed by atoms with Crippen LogP contribution in [0, 0.1) is 17.5 Å². The molecule has 0 saturated heterocycles. The van der Waals surface area contributed by atoms with E-state index in [1.54, 1.807) is 0 Å². The van der Waals surface area contributed by atoms with E-state index in [-0.39, 0.29) is 11.3 Å². The Morgan fingerprint density at radius 2 is 1.62 bits per heavy atom. The van der Waals surface area contributed by atoms with Gasteiger partial charge in [-0.3, -0.25) is 4.79 Å². The van der Waals surface area contributed by atoms with Gasteiger partial charge in [0.05, 0.1) is 11.3 Å². The number of rotatable bonds is 6. The number of halogens is 5. The summed E-state index contributed by atoms with van der Waals surface area (Å²) in [7, 11) is 0. The summed E-state index contributed by atoms with van der Waals surface area (Å²) < 4.78 is 72.0. The summed E-state index contributed by atoms with van der Waals surface area (Å²) >= 11 is 0. The van der Waals surface area contributed by atoms with Crippen molar-refractivity contribution in [3.63, 3.8) is 0 Å². The number of benzene rings is 2. The Labute approximate surface area is 143 Å². The number of hydrogen-bond acceptors (Lipinski definition) is 4. The molecule has 5 nitrogen and oxygen atoms in total. The van der Waals surface area contributed by atoms with E-state index >= 15 is 0 Å². The quantitative estimate of drug-likeness (QED) is 0.477. The van der Waals surface area contributed by atoms with Crippen molar-refractivity contribution >= 4 is 17.6 Å². The fourth-order valence-electron chi connectivity index (χ4n) is 1.80. The summed E-state index contributed by atoms with van der Waals surface area (Å²) in [5.41, 5.74) is -0.683. The topological polar surface area (TPSA) is 64.6 Å². The molecule has 0 atom stereocenters. The second-order valence-electron chi connectivity index (χ2n) is 4.75. The van der Waals surface area contributed by atoms with Crippen molar-refractivity contribution in [3.05, 3.63) is 59.4 Å². The first kappa shape index (κ1) is 19.2. The number of ether oxygens (including phenoxy) is 2. The van der Waals surface area contributed by atoms with Crippen LogP contribution in [0.2, 0.25) is 0 Å². The molecule has 2 rings (SSSR count). The highest BCUT2D eigenvalue weighted by atomic mass is 19.3. The highest BCUT2D eigenvalue weighted by Gasteiger charge is 2.16. The number of carbonyl (C=O) groups is 2. The van der Waals surface area contributed by atoms with Gasteiger partial charge in [0.1, 0.15) is 5.75 Å². The van der Waals surface area contributed by atoms with Crippen molar-refractivity contribution in [1.29, 1.82) is 0 Å². The van der Waals surface area contributed by atoms with Gasteiger partial charge in [-0.05, 0) is 36.4 Å². The van der Waals surface area contributed by atoms with Crippen LogP contribution in [0.4, 0.5) is 27.6 Å². The van der Waals surface area contributed by atoms with Gasteiger partial charge in [0.15, 0.2) is 24.1 Å². The fourth-order valence-corrected chi connectivity index (χ4v) is 1.80. The molecule has 0 aliphatic rings. The number of carbonyl (C=O) groups excluding carboxylic acids is 2. The second-order valence-corrected chi connectivity index (χ2v) is 4.75. The Bertz CT molecular complexity index is 811. The minimum absolute atomic E-state index is 0.0570. The zero-order valence-corrected chi connectivity index (χ0v) is 12.8. The Morgan fingerprint density at radius 3 is 2.23 bits per heavy atom. The molecule has 0 spiro atoms. The summed E-state index contributed by atoms with van der Waals surface area (Å²) in [6, 6.07) is 5.87. The largest absolute Gasteiger partial charge is 0.452 e. The maximum Gasteiger partial charge on any atom is 0.387 e. The Hall–Kier alpha value is -3.17. The van der Waals surface area contributed by atoms with Crippen molar-refractivity contribution < 1.29 is 41.0 Å². The van der Waals surface area contributed by atoms with Crippen LogP contribution in [-0.4, -0.2) is 25.1 Å². The molecule has 1 N–H and O–H groups in total. The van der Waals surface area contributed by atoms with E-state index in [9.17, 15) is 31.5 Å². The van der Waals surface area contributed by atoms with Gasteiger partial charge in [0, 0.05) is 0 Å². The van der Waals surface area contributed by atoms with E-state index < -0.39 is 48.2 Å². The molecule has 0 saturated carbocycles. The standard InChI is InChI=1S/C16H10F5NO4/c17-10-5-6-11(14(19)13(10)18)22-12(23)7-25-15(24)8-1-3-9(4-2-8)26-16(20)21/h1-6,16H,7H2,(H,22,23). The molecule has 0 heterocycles. The maximum absolute atomic E-state index is 13.4. The van der Waals surface area contributed by atoms with Crippen LogP contribution in [-0.2, 0) is 9.53 Å². The van der Waals surface area contributed by atoms with Gasteiger partial charge in [-0.1, -0.05) is 0 Å². The van der Waals surface area contributed by atoms with Crippen molar-refractivity contribution in [2.45, 2.75) is 6.61 Å². The molecule has 0 aliphatic heterocycles. The van der Waals surface area contributed by atoms with Crippen molar-refractivity contribution in [2.24, 2.45) is 0 Å². The summed E-state index contributed by atoms with van der Waals surface area (Å²) in [6.07, 6.45) is 0. The van der Waals surface area contributed by atoms with E-state index in [2.05, 4.69) is 9.47 Å². The number of esters is 1. The third kappa shape index (κ3) is 4.91. The zero-order chi connectivity index (χ0) is 19.3. The van der Waals surface area contributed by atoms with Crippen LogP contribution in [0.3, 0.4) is 0 Å². The van der Waals surface area contributed by atoms with Gasteiger partial charge >= 0.3 is 12.6 Å². The monoisotopic (exact) mass is 375 g/mol. The molecule has 10 heteroatoms. The number of nitrogens with one attached hydrogen (secondary N) is 1. The average molecular weight is 375 g/mol. The van der Waals surface area contributed by atoms with Crippen molar-refractivity contribution in [2.75, 3.05) is 11.9 Å². The van der Waals surface area contributed by atoms with E-state index in [1.807, 2.05) is 5.32 Å². The van der Waals surface area contributed by atoms with Crippen LogP contribution in [0.5, 0.6) is 5.75 Å². The molecule has 0 bridgehead atoms. The smallest absolute Gasteiger partial charge is 0.387 e. The van der Waals surface area contributed by atoms with Crippen LogP contribution in [0.25, 0.3) is 0 Å². The molecule has 138 valence electrons. The van der Waals surface area contributed by atoms with E-state index in [4.69, 9.17) is 0 Å². The molecule has 1 amide bonds. The lowest BCUT2D eigenvalue weighted by molar-refractivity contribution is -0.119. The van der Waals surface area contributed by atoms with Crippen LogP contribution >= 0.6 is 0 Å². The molecule has 2 aromatic carbocycles.